The second-order valence-electron chi connectivity index (χ2n) is 7.71. The average molecular weight is 517 g/mol. The minimum Gasteiger partial charge on any atom is -0.462 e. The molecule has 0 aromatic heterocycles. The summed E-state index contributed by atoms with van der Waals surface area (Å²) in [4.78, 5) is 50.4. The Morgan fingerprint density at radius 3 is 2.52 bits per heavy atom. The van der Waals surface area contributed by atoms with Gasteiger partial charge in [0.2, 0.25) is 5.91 Å². The molecule has 2 amide bonds. The molecule has 1 aliphatic heterocycles. The van der Waals surface area contributed by atoms with Gasteiger partial charge in [0.25, 0.3) is 5.91 Å². The normalized spacial score (nSPS) is 15.3. The number of nitrogens with one attached hydrogen (secondary N) is 1. The third-order valence-corrected chi connectivity index (χ3v) is 5.99. The van der Waals surface area contributed by atoms with Crippen molar-refractivity contribution in [2.24, 2.45) is 5.92 Å². The van der Waals surface area contributed by atoms with E-state index < -0.39 is 30.4 Å². The summed E-state index contributed by atoms with van der Waals surface area (Å²) in [7, 11) is 0. The maximum atomic E-state index is 12.4. The van der Waals surface area contributed by atoms with Crippen LogP contribution in [-0.2, 0) is 23.9 Å². The van der Waals surface area contributed by atoms with E-state index in [9.17, 15) is 19.2 Å². The molecule has 33 heavy (non-hydrogen) atoms. The number of amides is 2. The number of rotatable bonds is 8. The summed E-state index contributed by atoms with van der Waals surface area (Å²) >= 11 is 3.39. The fourth-order valence-corrected chi connectivity index (χ4v) is 3.59. The van der Waals surface area contributed by atoms with Gasteiger partial charge in [0.15, 0.2) is 6.61 Å². The van der Waals surface area contributed by atoms with Crippen molar-refractivity contribution in [3.05, 3.63) is 58.1 Å². The van der Waals surface area contributed by atoms with Gasteiger partial charge in [-0.2, -0.15) is 0 Å². The van der Waals surface area contributed by atoms with Gasteiger partial charge in [-0.15, -0.1) is 0 Å². The van der Waals surface area contributed by atoms with E-state index in [1.54, 1.807) is 36.4 Å². The van der Waals surface area contributed by atoms with Gasteiger partial charge >= 0.3 is 11.9 Å². The van der Waals surface area contributed by atoms with Crippen molar-refractivity contribution in [2.75, 3.05) is 30.0 Å². The highest BCUT2D eigenvalue weighted by molar-refractivity contribution is 9.10. The van der Waals surface area contributed by atoms with Crippen molar-refractivity contribution in [3.8, 4) is 0 Å². The third kappa shape index (κ3) is 6.41. The first-order chi connectivity index (χ1) is 15.8. The van der Waals surface area contributed by atoms with Crippen LogP contribution in [0.15, 0.2) is 46.9 Å². The molecule has 1 atom stereocenters. The number of esters is 2. The van der Waals surface area contributed by atoms with Gasteiger partial charge in [-0.1, -0.05) is 22.9 Å². The van der Waals surface area contributed by atoms with Gasteiger partial charge < -0.3 is 19.7 Å². The molecule has 1 aliphatic rings. The molecule has 1 fully saturated rings. The Morgan fingerprint density at radius 2 is 1.85 bits per heavy atom. The standard InChI is InChI=1S/C24H25BrN2O6/c1-3-10-32-23(30)16-4-7-19(8-5-16)27-13-17(12-22(27)29)24(31)33-14-21(28)26-18-6-9-20(25)15(2)11-18/h4-9,11,17H,3,10,12-14H2,1-2H3,(H,26,28)/t17-/m0/s1. The van der Waals surface area contributed by atoms with Crippen molar-refractivity contribution in [3.63, 3.8) is 0 Å². The van der Waals surface area contributed by atoms with E-state index >= 15 is 0 Å². The lowest BCUT2D eigenvalue weighted by Gasteiger charge is -2.17. The lowest BCUT2D eigenvalue weighted by molar-refractivity contribution is -0.151. The largest absolute Gasteiger partial charge is 0.462 e. The van der Waals surface area contributed by atoms with E-state index in [-0.39, 0.29) is 18.9 Å². The van der Waals surface area contributed by atoms with Crippen LogP contribution in [-0.4, -0.2) is 43.5 Å². The molecule has 0 unspecified atom stereocenters. The van der Waals surface area contributed by atoms with Crippen molar-refractivity contribution in [1.82, 2.24) is 0 Å². The van der Waals surface area contributed by atoms with Crippen molar-refractivity contribution < 1.29 is 28.7 Å². The molecule has 2 aromatic rings. The fraction of sp³-hybridized carbons (Fsp3) is 0.333. The molecule has 9 heteroatoms. The van der Waals surface area contributed by atoms with Crippen molar-refractivity contribution in [2.45, 2.75) is 26.7 Å². The molecular formula is C24H25BrN2O6. The first kappa shape index (κ1) is 24.4. The van der Waals surface area contributed by atoms with Gasteiger partial charge in [-0.25, -0.2) is 4.79 Å². The second kappa shape index (κ2) is 11.1. The molecule has 0 saturated carbocycles. The number of nitrogens with zero attached hydrogens (tertiary/aromatic N) is 1. The van der Waals surface area contributed by atoms with Crippen LogP contribution in [0.2, 0.25) is 0 Å². The van der Waals surface area contributed by atoms with Crippen LogP contribution in [0, 0.1) is 12.8 Å². The highest BCUT2D eigenvalue weighted by atomic mass is 79.9. The summed E-state index contributed by atoms with van der Waals surface area (Å²) in [6.45, 7) is 3.86. The van der Waals surface area contributed by atoms with Crippen LogP contribution in [0.4, 0.5) is 11.4 Å². The van der Waals surface area contributed by atoms with E-state index in [1.807, 2.05) is 19.9 Å². The maximum Gasteiger partial charge on any atom is 0.338 e. The van der Waals surface area contributed by atoms with Crippen molar-refractivity contribution >= 4 is 51.1 Å². The molecule has 3 rings (SSSR count). The summed E-state index contributed by atoms with van der Waals surface area (Å²) in [5.74, 6) is -2.39. The van der Waals surface area contributed by atoms with Gasteiger partial charge in [0.1, 0.15) is 0 Å². The lowest BCUT2D eigenvalue weighted by atomic mass is 10.1. The number of hydrogen-bond donors (Lipinski definition) is 1. The van der Waals surface area contributed by atoms with E-state index in [1.165, 1.54) is 4.90 Å². The molecule has 0 radical (unpaired) electrons. The number of benzene rings is 2. The van der Waals surface area contributed by atoms with Crippen LogP contribution in [0.1, 0.15) is 35.7 Å². The van der Waals surface area contributed by atoms with Crippen LogP contribution in [0.3, 0.4) is 0 Å². The average Bonchev–Trinajstić information content (AvgIpc) is 3.20. The minimum atomic E-state index is -0.672. The molecule has 174 valence electrons. The van der Waals surface area contributed by atoms with Crippen LogP contribution < -0.4 is 10.2 Å². The quantitative estimate of drug-likeness (QED) is 0.534. The Balaban J connectivity index is 1.51. The zero-order chi connectivity index (χ0) is 24.0. The molecule has 1 saturated heterocycles. The zero-order valence-corrected chi connectivity index (χ0v) is 20.0. The molecule has 8 nitrogen and oxygen atoms in total. The summed E-state index contributed by atoms with van der Waals surface area (Å²) < 4.78 is 11.2. The summed E-state index contributed by atoms with van der Waals surface area (Å²) in [5, 5.41) is 2.67. The SMILES string of the molecule is CCCOC(=O)c1ccc(N2C[C@@H](C(=O)OCC(=O)Nc3ccc(Br)c(C)c3)CC2=O)cc1. The Morgan fingerprint density at radius 1 is 1.12 bits per heavy atom. The van der Waals surface area contributed by atoms with E-state index in [0.717, 1.165) is 16.5 Å². The Bertz CT molecular complexity index is 1050. The Labute approximate surface area is 200 Å². The first-order valence-electron chi connectivity index (χ1n) is 10.6. The van der Waals surface area contributed by atoms with E-state index in [4.69, 9.17) is 9.47 Å². The fourth-order valence-electron chi connectivity index (χ4n) is 3.34. The summed E-state index contributed by atoms with van der Waals surface area (Å²) in [6, 6.07) is 11.8. The number of aryl methyl sites for hydroxylation is 1. The molecular weight excluding hydrogens is 492 g/mol. The summed E-state index contributed by atoms with van der Waals surface area (Å²) in [5.41, 5.74) is 2.52. The maximum absolute atomic E-state index is 12.4. The predicted octanol–water partition coefficient (Wildman–Crippen LogP) is 3.86. The molecule has 1 heterocycles. The summed E-state index contributed by atoms with van der Waals surface area (Å²) in [6.07, 6.45) is 0.724. The number of carbonyl (C=O) groups excluding carboxylic acids is 4. The molecule has 0 spiro atoms. The van der Waals surface area contributed by atoms with Gasteiger partial charge in [-0.05, 0) is 61.4 Å². The van der Waals surface area contributed by atoms with Crippen LogP contribution in [0.5, 0.6) is 0 Å². The number of ether oxygens (including phenoxy) is 2. The molecule has 2 aromatic carbocycles. The Kier molecular flexibility index (Phi) is 8.21. The number of carbonyl (C=O) groups is 4. The highest BCUT2D eigenvalue weighted by Gasteiger charge is 2.36. The van der Waals surface area contributed by atoms with Crippen LogP contribution >= 0.6 is 15.9 Å². The van der Waals surface area contributed by atoms with Gasteiger partial charge in [0.05, 0.1) is 18.1 Å². The lowest BCUT2D eigenvalue weighted by Crippen LogP contribution is -2.28. The minimum absolute atomic E-state index is 0.00729. The van der Waals surface area contributed by atoms with Crippen molar-refractivity contribution in [1.29, 1.82) is 0 Å². The highest BCUT2D eigenvalue weighted by Crippen LogP contribution is 2.26. The first-order valence-corrected chi connectivity index (χ1v) is 11.4. The van der Waals surface area contributed by atoms with Crippen LogP contribution in [0.25, 0.3) is 0 Å². The molecule has 1 N–H and O–H groups in total. The third-order valence-electron chi connectivity index (χ3n) is 5.10. The van der Waals surface area contributed by atoms with Gasteiger partial charge in [-0.3, -0.25) is 14.4 Å². The molecule has 0 bridgehead atoms. The Hall–Kier alpha value is -3.20. The topological polar surface area (TPSA) is 102 Å². The van der Waals surface area contributed by atoms with E-state index in [2.05, 4.69) is 21.2 Å². The zero-order valence-electron chi connectivity index (χ0n) is 18.4. The van der Waals surface area contributed by atoms with Gasteiger partial charge in [0, 0.05) is 28.8 Å². The van der Waals surface area contributed by atoms with E-state index in [0.29, 0.717) is 23.5 Å². The number of hydrogen-bond acceptors (Lipinski definition) is 6. The monoisotopic (exact) mass is 516 g/mol. The smallest absolute Gasteiger partial charge is 0.338 e. The molecule has 0 aliphatic carbocycles. The predicted molar refractivity (Wildman–Crippen MR) is 126 cm³/mol. The number of halogens is 1. The number of anilines is 2. The second-order valence-corrected chi connectivity index (χ2v) is 8.56.